The van der Waals surface area contributed by atoms with Crippen molar-refractivity contribution in [2.24, 2.45) is 32.5 Å². The molecule has 14 aromatic carbocycles. The van der Waals surface area contributed by atoms with Gasteiger partial charge in [-0.05, 0) is 299 Å². The van der Waals surface area contributed by atoms with E-state index in [1.165, 1.54) is 122 Å². The maximum absolute atomic E-state index is 12.4. The lowest BCUT2D eigenvalue weighted by Crippen LogP contribution is -2.38. The molecular weight excluding hydrogens is 1740 g/mol. The van der Waals surface area contributed by atoms with Crippen molar-refractivity contribution in [2.75, 3.05) is 6.61 Å². The molecular formula is C133H132O9. The summed E-state index contributed by atoms with van der Waals surface area (Å²) in [5.41, 5.74) is 40.0. The summed E-state index contributed by atoms with van der Waals surface area (Å²) in [6.45, 7) is 16.1. The van der Waals surface area contributed by atoms with E-state index in [-0.39, 0.29) is 57.1 Å². The minimum Gasteiger partial charge on any atom is -0.481 e. The van der Waals surface area contributed by atoms with Gasteiger partial charge in [-0.25, -0.2) is 0 Å². The Hall–Kier alpha value is -13.4. The van der Waals surface area contributed by atoms with Crippen LogP contribution in [0.1, 0.15) is 248 Å². The quantitative estimate of drug-likeness (QED) is 0.0519. The number of benzene rings is 14. The Kier molecular flexibility index (Phi) is 28.1. The molecule has 0 fully saturated rings. The van der Waals surface area contributed by atoms with E-state index in [4.69, 9.17) is 10.2 Å². The van der Waals surface area contributed by atoms with E-state index in [2.05, 4.69) is 341 Å². The fourth-order valence-electron chi connectivity index (χ4n) is 25.7. The number of aliphatic carboxylic acids is 1. The third kappa shape index (κ3) is 19.2. The highest BCUT2D eigenvalue weighted by Gasteiger charge is 2.53. The molecule has 4 unspecified atom stereocenters. The molecule has 0 radical (unpaired) electrons. The Morgan fingerprint density at radius 1 is 0.303 bits per heavy atom. The number of Topliss-reactive ketones (excluding diaryl/α,β-unsaturated/α-hetero) is 2. The van der Waals surface area contributed by atoms with E-state index in [9.17, 15) is 34.8 Å². The molecule has 24 rings (SSSR count). The van der Waals surface area contributed by atoms with Crippen LogP contribution in [0.15, 0.2) is 350 Å². The number of carboxylic acid groups (broad SMARTS) is 1. The summed E-state index contributed by atoms with van der Waals surface area (Å²) in [6, 6.07) is 115. The maximum atomic E-state index is 12.4. The molecule has 10 aliphatic carbocycles. The van der Waals surface area contributed by atoms with Crippen LogP contribution in [-0.4, -0.2) is 54.8 Å². The minimum atomic E-state index is -0.800. The number of hydrogen-bond donors (Lipinski definition) is 6. The van der Waals surface area contributed by atoms with E-state index >= 15 is 0 Å². The van der Waals surface area contributed by atoms with Crippen molar-refractivity contribution in [1.82, 2.24) is 0 Å². The van der Waals surface area contributed by atoms with E-state index < -0.39 is 30.4 Å². The van der Waals surface area contributed by atoms with Crippen LogP contribution in [0.3, 0.4) is 0 Å². The second-order valence-electron chi connectivity index (χ2n) is 43.0. The standard InChI is InChI=1S/2C26H24O.2C25H22O.C16H20O3.C15H20O2/c27-25-24-13-7-6-10-20(24)14-15-26(25,18-19-8-2-1-3-9-19)23-16-21-11-4-5-12-22(21)17-23;27-25-24-13-7-6-12-22(24)18-26(25,17-19-8-2-1-3-9-19)23-15-14-20-10-4-5-11-21(20)16-23;2*26-24-23-13-7-6-12-21(23)17-25(24,16-18-8-2-1-3-9-18)22-14-19-10-4-5-11-20(19)15-22;1-9-7-11-8-16(3,4)15(19)14(11)10(2)12(9)5-6-13(17)18;1-9-7-11-8-15(3,4)14(17)13(11)10(2)12(9)5-6-16/h2*1-13,16,25,27H,14-15,17-18H2;2*1-14,24,26H,15-17H2;7H,5-6,8H2,1-4H3,(H,17,18);7,16H,5-6,8H2,1-4H3/t;;24-,25+;24-,25-;;/m..00../s1. The van der Waals surface area contributed by atoms with Gasteiger partial charge in [-0.3, -0.25) is 14.4 Å². The van der Waals surface area contributed by atoms with Gasteiger partial charge in [-0.15, -0.1) is 0 Å². The van der Waals surface area contributed by atoms with Crippen LogP contribution in [0.25, 0.3) is 24.3 Å². The smallest absolute Gasteiger partial charge is 0.303 e. The van der Waals surface area contributed by atoms with Gasteiger partial charge in [0, 0.05) is 56.6 Å². The topological polar surface area (TPSA) is 173 Å². The first kappa shape index (κ1) is 97.5. The molecule has 0 heterocycles. The molecule has 9 nitrogen and oxygen atoms in total. The number of ketones is 2. The summed E-state index contributed by atoms with van der Waals surface area (Å²) < 4.78 is 0. The van der Waals surface area contributed by atoms with Crippen molar-refractivity contribution in [2.45, 2.75) is 202 Å². The summed E-state index contributed by atoms with van der Waals surface area (Å²) >= 11 is 0. The monoisotopic (exact) mass is 1870 g/mol. The number of carboxylic acids is 1. The van der Waals surface area contributed by atoms with Gasteiger partial charge in [0.1, 0.15) is 0 Å². The lowest BCUT2D eigenvalue weighted by molar-refractivity contribution is -0.137. The number of fused-ring (bicyclic) bond motifs is 10. The predicted octanol–water partition coefficient (Wildman–Crippen LogP) is 27.0. The SMILES string of the molecule is Cc1cc2c(c(C)c1CCC(=O)O)C(=O)C(C)(C)C2.Cc1cc2c(c(C)c1CCO)C(=O)C(C)(C)C2.OC1c2ccccc2CC1(Cc1ccccc1)C1=Cc2ccccc2CC1.OC1c2ccccc2CCC1(Cc1ccccc1)C1=Cc2ccccc2C1.O[C@H]1c2ccccc2C[C@@]1(Cc1ccccc1)C1=Cc2ccccc2C1.O[C@H]1c2ccccc2C[C@]1(Cc1ccccc1)C1=Cc2ccccc2C1. The van der Waals surface area contributed by atoms with Gasteiger partial charge in [0.25, 0.3) is 0 Å². The average Bonchev–Trinajstić information content (AvgIpc) is 1.34. The van der Waals surface area contributed by atoms with E-state index in [0.29, 0.717) is 12.8 Å². The first-order valence-electron chi connectivity index (χ1n) is 51.2. The fourth-order valence-corrected chi connectivity index (χ4v) is 25.7. The second kappa shape index (κ2) is 40.9. The van der Waals surface area contributed by atoms with Crippen molar-refractivity contribution in [3.8, 4) is 0 Å². The Bertz CT molecular complexity index is 7050. The van der Waals surface area contributed by atoms with Crippen LogP contribution < -0.4 is 0 Å². The summed E-state index contributed by atoms with van der Waals surface area (Å²) in [5, 5.41) is 64.0. The number of aliphatic hydroxyl groups is 5. The number of carbonyl (C=O) groups is 3. The second-order valence-corrected chi connectivity index (χ2v) is 43.0. The molecule has 0 spiro atoms. The van der Waals surface area contributed by atoms with Crippen molar-refractivity contribution >= 4 is 41.8 Å². The number of aliphatic hydroxyl groups excluding tert-OH is 5. The zero-order chi connectivity index (χ0) is 98.8. The molecule has 0 aromatic heterocycles. The van der Waals surface area contributed by atoms with Crippen LogP contribution in [0, 0.1) is 60.2 Å². The third-order valence-electron chi connectivity index (χ3n) is 33.1. The van der Waals surface area contributed by atoms with Gasteiger partial charge in [0.05, 0.1) is 24.4 Å². The number of aryl methyl sites for hydroxylation is 4. The normalized spacial score (nSPS) is 21.8. The summed E-state index contributed by atoms with van der Waals surface area (Å²) in [6.07, 6.45) is 23.5. The van der Waals surface area contributed by atoms with Gasteiger partial charge in [0.15, 0.2) is 11.6 Å². The van der Waals surface area contributed by atoms with Gasteiger partial charge in [-0.2, -0.15) is 0 Å². The van der Waals surface area contributed by atoms with Crippen molar-refractivity contribution in [3.63, 3.8) is 0 Å². The molecule has 718 valence electrons. The molecule has 14 aromatic rings. The molecule has 142 heavy (non-hydrogen) atoms. The molecule has 0 saturated carbocycles. The van der Waals surface area contributed by atoms with E-state index in [1.807, 2.05) is 66.7 Å². The molecule has 0 bridgehead atoms. The molecule has 8 atom stereocenters. The molecule has 0 aliphatic heterocycles. The summed E-state index contributed by atoms with van der Waals surface area (Å²) in [5.74, 6) is -0.355. The summed E-state index contributed by atoms with van der Waals surface area (Å²) in [7, 11) is 0. The van der Waals surface area contributed by atoms with Crippen molar-refractivity contribution in [1.29, 1.82) is 0 Å². The van der Waals surface area contributed by atoms with Gasteiger partial charge < -0.3 is 30.6 Å². The maximum Gasteiger partial charge on any atom is 0.303 e. The van der Waals surface area contributed by atoms with E-state index in [0.717, 1.165) is 169 Å². The average molecular weight is 1870 g/mol. The van der Waals surface area contributed by atoms with E-state index in [1.54, 1.807) is 0 Å². The molecule has 0 saturated heterocycles. The van der Waals surface area contributed by atoms with Crippen molar-refractivity contribution in [3.05, 3.63) is 517 Å². The Morgan fingerprint density at radius 3 is 0.937 bits per heavy atom. The third-order valence-corrected chi connectivity index (χ3v) is 33.1. The fraction of sp³-hybridized carbons (Fsp3) is 0.286. The predicted molar refractivity (Wildman–Crippen MR) is 575 cm³/mol. The molecule has 9 heteroatoms. The number of rotatable bonds is 17. The van der Waals surface area contributed by atoms with Crippen molar-refractivity contribution < 1.29 is 45.0 Å². The van der Waals surface area contributed by atoms with Gasteiger partial charge >= 0.3 is 5.97 Å². The van der Waals surface area contributed by atoms with Crippen LogP contribution in [0.4, 0.5) is 0 Å². The highest BCUT2D eigenvalue weighted by molar-refractivity contribution is 6.07. The van der Waals surface area contributed by atoms with Crippen LogP contribution in [0.5, 0.6) is 0 Å². The largest absolute Gasteiger partial charge is 0.481 e. The minimum absolute atomic E-state index is 0.109. The zero-order valence-electron chi connectivity index (χ0n) is 83.3. The first-order chi connectivity index (χ1) is 68.7. The Balaban J connectivity index is 0.000000109. The van der Waals surface area contributed by atoms with Crippen LogP contribution in [0.2, 0.25) is 0 Å². The molecule has 0 amide bonds. The molecule has 6 N–H and O–H groups in total. The van der Waals surface area contributed by atoms with Gasteiger partial charge in [0.2, 0.25) is 0 Å². The zero-order valence-corrected chi connectivity index (χ0v) is 83.3. The van der Waals surface area contributed by atoms with Crippen LogP contribution >= 0.6 is 0 Å². The Labute approximate surface area is 839 Å². The highest BCUT2D eigenvalue weighted by atomic mass is 16.4. The lowest BCUT2D eigenvalue weighted by Gasteiger charge is -2.44. The summed E-state index contributed by atoms with van der Waals surface area (Å²) in [4.78, 5) is 35.5. The van der Waals surface area contributed by atoms with Crippen LogP contribution in [-0.2, 0) is 108 Å². The number of hydrogen-bond acceptors (Lipinski definition) is 8. The Morgan fingerprint density at radius 2 is 0.585 bits per heavy atom. The lowest BCUT2D eigenvalue weighted by atomic mass is 9.62. The van der Waals surface area contributed by atoms with Gasteiger partial charge in [-0.1, -0.05) is 402 Å². The number of carbonyl (C=O) groups excluding carboxylic acids is 2. The highest BCUT2D eigenvalue weighted by Crippen LogP contribution is 2.60. The molecule has 10 aliphatic rings. The first-order valence-corrected chi connectivity index (χ1v) is 51.2.